The van der Waals surface area contributed by atoms with Crippen molar-refractivity contribution in [1.29, 1.82) is 0 Å². The molecule has 152 valence electrons. The van der Waals surface area contributed by atoms with Gasteiger partial charge in [0.15, 0.2) is 0 Å². The first-order valence-electron chi connectivity index (χ1n) is 10.3. The van der Waals surface area contributed by atoms with Gasteiger partial charge in [0.1, 0.15) is 12.4 Å². The molecule has 0 spiro atoms. The number of anilines is 1. The van der Waals surface area contributed by atoms with E-state index in [9.17, 15) is 0 Å². The largest absolute Gasteiger partial charge is 0.497 e. The van der Waals surface area contributed by atoms with Gasteiger partial charge in [0, 0.05) is 18.2 Å². The summed E-state index contributed by atoms with van der Waals surface area (Å²) in [6.07, 6.45) is 7.04. The van der Waals surface area contributed by atoms with E-state index in [2.05, 4.69) is 29.5 Å². The molecule has 4 heteroatoms. The molecule has 1 N–H and O–H groups in total. The molecule has 0 aliphatic rings. The monoisotopic (exact) mass is 382 g/mol. The summed E-state index contributed by atoms with van der Waals surface area (Å²) in [5.74, 6) is 0.872. The van der Waals surface area contributed by atoms with E-state index in [0.717, 1.165) is 35.6 Å². The number of ether oxygens (including phenoxy) is 1. The summed E-state index contributed by atoms with van der Waals surface area (Å²) in [7, 11) is 1.69. The molecular weight excluding hydrogens is 348 g/mol. The van der Waals surface area contributed by atoms with E-state index < -0.39 is 0 Å². The average Bonchev–Trinajstić information content (AvgIpc) is 2.72. The van der Waals surface area contributed by atoms with Crippen LogP contribution in [-0.4, -0.2) is 18.9 Å². The molecule has 0 aromatic heterocycles. The maximum Gasteiger partial charge on any atom is 0.142 e. The van der Waals surface area contributed by atoms with Crippen LogP contribution in [0.1, 0.15) is 57.9 Å². The van der Waals surface area contributed by atoms with Gasteiger partial charge < -0.3 is 14.9 Å². The Morgan fingerprint density at radius 1 is 1.00 bits per heavy atom. The van der Waals surface area contributed by atoms with Crippen LogP contribution in [0.25, 0.3) is 0 Å². The zero-order chi connectivity index (χ0) is 20.0. The summed E-state index contributed by atoms with van der Waals surface area (Å²) in [6, 6.07) is 18.6. The van der Waals surface area contributed by atoms with Gasteiger partial charge >= 0.3 is 0 Å². The van der Waals surface area contributed by atoms with E-state index >= 15 is 0 Å². The van der Waals surface area contributed by atoms with Crippen LogP contribution in [0, 0.1) is 0 Å². The van der Waals surface area contributed by atoms with Crippen molar-refractivity contribution < 1.29 is 9.57 Å². The predicted octanol–water partition coefficient (Wildman–Crippen LogP) is 6.43. The Kier molecular flexibility index (Phi) is 9.98. The Labute approximate surface area is 169 Å². The minimum Gasteiger partial charge on any atom is -0.497 e. The standard InChI is InChI=1S/C24H34N2O2/c1-4-5-6-10-13-23(25-22-14-16-24(27-3)17-15-22)18-20(2)26-28-19-21-11-8-7-9-12-21/h7-9,11-12,14-17,23,25H,4-6,10,13,18-19H2,1-3H3/b26-20+. The van der Waals surface area contributed by atoms with Crippen LogP contribution in [0.3, 0.4) is 0 Å². The molecule has 0 saturated carbocycles. The summed E-state index contributed by atoms with van der Waals surface area (Å²) >= 11 is 0. The molecular formula is C24H34N2O2. The van der Waals surface area contributed by atoms with E-state index in [4.69, 9.17) is 9.57 Å². The molecule has 1 atom stereocenters. The van der Waals surface area contributed by atoms with Crippen molar-refractivity contribution in [2.75, 3.05) is 12.4 Å². The molecule has 0 amide bonds. The van der Waals surface area contributed by atoms with Crippen molar-refractivity contribution in [2.45, 2.75) is 65.0 Å². The van der Waals surface area contributed by atoms with E-state index in [-0.39, 0.29) is 0 Å². The fourth-order valence-corrected chi connectivity index (χ4v) is 3.15. The summed E-state index contributed by atoms with van der Waals surface area (Å²) in [5, 5.41) is 7.98. The van der Waals surface area contributed by atoms with Crippen molar-refractivity contribution in [2.24, 2.45) is 5.16 Å². The molecule has 28 heavy (non-hydrogen) atoms. The van der Waals surface area contributed by atoms with Gasteiger partial charge in [-0.2, -0.15) is 0 Å². The fraction of sp³-hybridized carbons (Fsp3) is 0.458. The van der Waals surface area contributed by atoms with Crippen molar-refractivity contribution >= 4 is 11.4 Å². The Balaban J connectivity index is 1.89. The van der Waals surface area contributed by atoms with Crippen LogP contribution in [0.5, 0.6) is 5.75 Å². The van der Waals surface area contributed by atoms with Crippen LogP contribution in [-0.2, 0) is 11.4 Å². The number of hydrogen-bond donors (Lipinski definition) is 1. The van der Waals surface area contributed by atoms with E-state index in [1.807, 2.05) is 49.4 Å². The molecule has 4 nitrogen and oxygen atoms in total. The summed E-state index contributed by atoms with van der Waals surface area (Å²) < 4.78 is 5.25. The van der Waals surface area contributed by atoms with Crippen molar-refractivity contribution in [3.8, 4) is 5.75 Å². The SMILES string of the molecule is CCCCCCC(C/C(C)=N/OCc1ccccc1)Nc1ccc(OC)cc1. The zero-order valence-corrected chi connectivity index (χ0v) is 17.5. The van der Waals surface area contributed by atoms with Gasteiger partial charge in [-0.25, -0.2) is 0 Å². The molecule has 0 aliphatic carbocycles. The second-order valence-corrected chi connectivity index (χ2v) is 7.21. The lowest BCUT2D eigenvalue weighted by molar-refractivity contribution is 0.129. The number of benzene rings is 2. The first kappa shape index (κ1) is 21.8. The Morgan fingerprint density at radius 3 is 2.43 bits per heavy atom. The molecule has 2 aromatic carbocycles. The molecule has 2 rings (SSSR count). The Hall–Kier alpha value is -2.49. The van der Waals surface area contributed by atoms with Gasteiger partial charge in [-0.3, -0.25) is 0 Å². The summed E-state index contributed by atoms with van der Waals surface area (Å²) in [5.41, 5.74) is 3.25. The minimum atomic E-state index is 0.342. The second-order valence-electron chi connectivity index (χ2n) is 7.21. The minimum absolute atomic E-state index is 0.342. The predicted molar refractivity (Wildman–Crippen MR) is 118 cm³/mol. The summed E-state index contributed by atoms with van der Waals surface area (Å²) in [6.45, 7) is 4.79. The zero-order valence-electron chi connectivity index (χ0n) is 17.5. The molecule has 2 aromatic rings. The third kappa shape index (κ3) is 8.47. The molecule has 0 aliphatic heterocycles. The maximum atomic E-state index is 5.55. The molecule has 0 heterocycles. The number of nitrogens with zero attached hydrogens (tertiary/aromatic N) is 1. The van der Waals surface area contributed by atoms with Crippen LogP contribution in [0.2, 0.25) is 0 Å². The number of nitrogens with one attached hydrogen (secondary N) is 1. The lowest BCUT2D eigenvalue weighted by Crippen LogP contribution is -2.22. The van der Waals surface area contributed by atoms with Crippen LogP contribution < -0.4 is 10.1 Å². The van der Waals surface area contributed by atoms with Gasteiger partial charge in [-0.15, -0.1) is 0 Å². The first-order valence-corrected chi connectivity index (χ1v) is 10.3. The van der Waals surface area contributed by atoms with Gasteiger partial charge in [-0.05, 0) is 43.2 Å². The highest BCUT2D eigenvalue weighted by molar-refractivity contribution is 5.82. The highest BCUT2D eigenvalue weighted by atomic mass is 16.6. The Bertz CT molecular complexity index is 684. The number of hydrogen-bond acceptors (Lipinski definition) is 4. The van der Waals surface area contributed by atoms with E-state index in [1.165, 1.54) is 25.7 Å². The van der Waals surface area contributed by atoms with Crippen LogP contribution in [0.15, 0.2) is 59.8 Å². The van der Waals surface area contributed by atoms with Crippen LogP contribution >= 0.6 is 0 Å². The number of unbranched alkanes of at least 4 members (excludes halogenated alkanes) is 3. The van der Waals surface area contributed by atoms with Gasteiger partial charge in [0.25, 0.3) is 0 Å². The summed E-state index contributed by atoms with van der Waals surface area (Å²) in [4.78, 5) is 5.55. The molecule has 0 bridgehead atoms. The van der Waals surface area contributed by atoms with Gasteiger partial charge in [0.2, 0.25) is 0 Å². The van der Waals surface area contributed by atoms with Crippen molar-refractivity contribution in [3.05, 3.63) is 60.2 Å². The normalized spacial score (nSPS) is 12.5. The number of methoxy groups -OCH3 is 1. The first-order chi connectivity index (χ1) is 13.7. The molecule has 1 unspecified atom stereocenters. The average molecular weight is 383 g/mol. The lowest BCUT2D eigenvalue weighted by atomic mass is 10.0. The second kappa shape index (κ2) is 12.8. The van der Waals surface area contributed by atoms with Gasteiger partial charge in [-0.1, -0.05) is 68.1 Å². The van der Waals surface area contributed by atoms with E-state index in [0.29, 0.717) is 12.6 Å². The third-order valence-corrected chi connectivity index (χ3v) is 4.70. The smallest absolute Gasteiger partial charge is 0.142 e. The van der Waals surface area contributed by atoms with Crippen LogP contribution in [0.4, 0.5) is 5.69 Å². The lowest BCUT2D eigenvalue weighted by Gasteiger charge is -2.20. The molecule has 0 fully saturated rings. The van der Waals surface area contributed by atoms with Crippen molar-refractivity contribution in [3.63, 3.8) is 0 Å². The molecule has 0 saturated heterocycles. The highest BCUT2D eigenvalue weighted by Crippen LogP contribution is 2.19. The van der Waals surface area contributed by atoms with Gasteiger partial charge in [0.05, 0.1) is 12.8 Å². The van der Waals surface area contributed by atoms with Crippen molar-refractivity contribution in [1.82, 2.24) is 0 Å². The number of oxime groups is 1. The topological polar surface area (TPSA) is 42.8 Å². The highest BCUT2D eigenvalue weighted by Gasteiger charge is 2.11. The maximum absolute atomic E-state index is 5.55. The number of rotatable bonds is 13. The Morgan fingerprint density at radius 2 is 1.75 bits per heavy atom. The fourth-order valence-electron chi connectivity index (χ4n) is 3.15. The van der Waals surface area contributed by atoms with E-state index in [1.54, 1.807) is 7.11 Å². The molecule has 0 radical (unpaired) electrons. The third-order valence-electron chi connectivity index (χ3n) is 4.70. The quantitative estimate of drug-likeness (QED) is 0.247.